The van der Waals surface area contributed by atoms with Gasteiger partial charge in [0.25, 0.3) is 5.56 Å². The molecule has 0 bridgehead atoms. The molecule has 0 atom stereocenters. The van der Waals surface area contributed by atoms with E-state index in [0.717, 1.165) is 40.7 Å². The Bertz CT molecular complexity index is 904. The van der Waals surface area contributed by atoms with E-state index in [0.29, 0.717) is 17.9 Å². The molecule has 0 fully saturated rings. The number of imidazole rings is 1. The van der Waals surface area contributed by atoms with Crippen LogP contribution >= 0.6 is 11.8 Å². The zero-order valence-corrected chi connectivity index (χ0v) is 15.8. The third-order valence-electron chi connectivity index (χ3n) is 4.16. The van der Waals surface area contributed by atoms with Crippen LogP contribution < -0.4 is 10.9 Å². The molecule has 136 valence electrons. The van der Waals surface area contributed by atoms with Crippen molar-refractivity contribution in [1.29, 1.82) is 0 Å². The second kappa shape index (κ2) is 8.71. The molecule has 3 N–H and O–H groups in total. The van der Waals surface area contributed by atoms with Gasteiger partial charge in [-0.2, -0.15) is 11.8 Å². The fraction of sp³-hybridized carbons (Fsp3) is 0.316. The van der Waals surface area contributed by atoms with Crippen LogP contribution in [0.5, 0.6) is 0 Å². The molecule has 6 nitrogen and oxygen atoms in total. The minimum absolute atomic E-state index is 0.0800. The lowest BCUT2D eigenvalue weighted by Gasteiger charge is -2.09. The monoisotopic (exact) mass is 369 g/mol. The molecule has 3 rings (SSSR count). The Hall–Kier alpha value is -2.54. The van der Waals surface area contributed by atoms with Gasteiger partial charge >= 0.3 is 0 Å². The Balaban J connectivity index is 1.53. The fourth-order valence-electron chi connectivity index (χ4n) is 2.65. The second-order valence-electron chi connectivity index (χ2n) is 6.09. The van der Waals surface area contributed by atoms with Crippen molar-refractivity contribution in [2.45, 2.75) is 26.0 Å². The van der Waals surface area contributed by atoms with Gasteiger partial charge in [-0.25, -0.2) is 9.97 Å². The first kappa shape index (κ1) is 18.3. The third-order valence-corrected chi connectivity index (χ3v) is 5.13. The Labute approximate surface area is 156 Å². The Morgan fingerprint density at radius 2 is 2.00 bits per heavy atom. The van der Waals surface area contributed by atoms with Crippen LogP contribution in [0.2, 0.25) is 0 Å². The quantitative estimate of drug-likeness (QED) is 0.531. The maximum atomic E-state index is 12.4. The molecule has 0 aliphatic carbocycles. The van der Waals surface area contributed by atoms with Gasteiger partial charge in [0.2, 0.25) is 5.95 Å². The number of aromatic nitrogens is 4. The van der Waals surface area contributed by atoms with Gasteiger partial charge in [0, 0.05) is 35.7 Å². The van der Waals surface area contributed by atoms with E-state index in [4.69, 9.17) is 0 Å². The van der Waals surface area contributed by atoms with E-state index in [1.807, 2.05) is 44.2 Å². The molecule has 26 heavy (non-hydrogen) atoms. The van der Waals surface area contributed by atoms with Crippen LogP contribution in [0.4, 0.5) is 5.95 Å². The van der Waals surface area contributed by atoms with Gasteiger partial charge in [-0.1, -0.05) is 30.3 Å². The van der Waals surface area contributed by atoms with Gasteiger partial charge in [-0.15, -0.1) is 0 Å². The van der Waals surface area contributed by atoms with Gasteiger partial charge in [0.1, 0.15) is 0 Å². The van der Waals surface area contributed by atoms with Crippen LogP contribution in [-0.4, -0.2) is 32.2 Å². The van der Waals surface area contributed by atoms with Crippen molar-refractivity contribution in [2.24, 2.45) is 0 Å². The number of thioether (sulfide) groups is 1. The van der Waals surface area contributed by atoms with E-state index in [1.165, 1.54) is 0 Å². The molecule has 3 aromatic rings. The lowest BCUT2D eigenvalue weighted by Crippen LogP contribution is -2.20. The summed E-state index contributed by atoms with van der Waals surface area (Å²) in [4.78, 5) is 27.1. The average Bonchev–Trinajstić information content (AvgIpc) is 3.04. The Morgan fingerprint density at radius 3 is 2.69 bits per heavy atom. The van der Waals surface area contributed by atoms with Crippen molar-refractivity contribution >= 4 is 17.7 Å². The summed E-state index contributed by atoms with van der Waals surface area (Å²) in [7, 11) is 0. The van der Waals surface area contributed by atoms with Crippen molar-refractivity contribution in [3.05, 3.63) is 75.2 Å². The first-order valence-corrected chi connectivity index (χ1v) is 9.73. The van der Waals surface area contributed by atoms with Crippen LogP contribution in [0.25, 0.3) is 0 Å². The third kappa shape index (κ3) is 4.76. The van der Waals surface area contributed by atoms with Crippen LogP contribution in [-0.2, 0) is 12.2 Å². The van der Waals surface area contributed by atoms with E-state index in [2.05, 4.69) is 25.3 Å². The highest BCUT2D eigenvalue weighted by Crippen LogP contribution is 2.13. The second-order valence-corrected chi connectivity index (χ2v) is 7.20. The summed E-state index contributed by atoms with van der Waals surface area (Å²) in [6.45, 7) is 4.64. The molecule has 0 unspecified atom stereocenters. The maximum absolute atomic E-state index is 12.4. The van der Waals surface area contributed by atoms with Crippen molar-refractivity contribution < 1.29 is 0 Å². The molecule has 2 heterocycles. The molecule has 0 aliphatic rings. The first-order chi connectivity index (χ1) is 12.6. The fourth-order valence-corrected chi connectivity index (χ4v) is 3.52. The smallest absolute Gasteiger partial charge is 0.256 e. The van der Waals surface area contributed by atoms with E-state index in [1.54, 1.807) is 18.1 Å². The summed E-state index contributed by atoms with van der Waals surface area (Å²) < 4.78 is 0. The number of rotatable bonds is 8. The Kier molecular flexibility index (Phi) is 6.12. The molecule has 0 spiro atoms. The molecule has 2 aromatic heterocycles. The summed E-state index contributed by atoms with van der Waals surface area (Å²) in [5, 5.41) is 3.20. The number of nitrogens with zero attached hydrogens (tertiary/aromatic N) is 2. The summed E-state index contributed by atoms with van der Waals surface area (Å²) >= 11 is 1.79. The molecule has 0 saturated carbocycles. The van der Waals surface area contributed by atoms with Crippen molar-refractivity contribution in [3.8, 4) is 0 Å². The van der Waals surface area contributed by atoms with E-state index >= 15 is 0 Å². The molecule has 0 saturated heterocycles. The molecule has 7 heteroatoms. The van der Waals surface area contributed by atoms with Crippen LogP contribution in [0, 0.1) is 13.8 Å². The molecule has 0 radical (unpaired) electrons. The number of aromatic amines is 2. The lowest BCUT2D eigenvalue weighted by molar-refractivity contribution is 0.967. The summed E-state index contributed by atoms with van der Waals surface area (Å²) in [6.07, 6.45) is 2.31. The number of H-pyrrole nitrogens is 2. The van der Waals surface area contributed by atoms with Gasteiger partial charge < -0.3 is 10.3 Å². The molecular weight excluding hydrogens is 346 g/mol. The van der Waals surface area contributed by atoms with Gasteiger partial charge in [0.15, 0.2) is 0 Å². The zero-order valence-electron chi connectivity index (χ0n) is 15.0. The summed E-state index contributed by atoms with van der Waals surface area (Å²) in [6, 6.07) is 9.96. The highest BCUT2D eigenvalue weighted by Gasteiger charge is 2.09. The number of hydrogen-bond acceptors (Lipinski definition) is 5. The van der Waals surface area contributed by atoms with Crippen LogP contribution in [0.1, 0.15) is 28.2 Å². The normalized spacial score (nSPS) is 10.8. The SMILES string of the molecule is Cc1nc(NCCSCc2nc[nH]c2C)[nH]c(=O)c1Cc1ccccc1. The number of aryl methyl sites for hydroxylation is 2. The van der Waals surface area contributed by atoms with Crippen molar-refractivity contribution in [1.82, 2.24) is 19.9 Å². The largest absolute Gasteiger partial charge is 0.355 e. The Morgan fingerprint density at radius 1 is 1.19 bits per heavy atom. The zero-order chi connectivity index (χ0) is 18.4. The van der Waals surface area contributed by atoms with E-state index < -0.39 is 0 Å². The maximum Gasteiger partial charge on any atom is 0.256 e. The van der Waals surface area contributed by atoms with E-state index in [-0.39, 0.29) is 5.56 Å². The number of anilines is 1. The minimum atomic E-state index is -0.0800. The minimum Gasteiger partial charge on any atom is -0.355 e. The lowest BCUT2D eigenvalue weighted by atomic mass is 10.1. The average molecular weight is 369 g/mol. The highest BCUT2D eigenvalue weighted by atomic mass is 32.2. The van der Waals surface area contributed by atoms with E-state index in [9.17, 15) is 4.79 Å². The van der Waals surface area contributed by atoms with Crippen LogP contribution in [0.15, 0.2) is 41.5 Å². The highest BCUT2D eigenvalue weighted by molar-refractivity contribution is 7.98. The van der Waals surface area contributed by atoms with Gasteiger partial charge in [0.05, 0.1) is 17.7 Å². The van der Waals surface area contributed by atoms with Crippen molar-refractivity contribution in [2.75, 3.05) is 17.6 Å². The van der Waals surface area contributed by atoms with Gasteiger partial charge in [-0.3, -0.25) is 9.78 Å². The molecule has 1 aromatic carbocycles. The standard InChI is InChI=1S/C19H23N5OS/c1-13-16(10-15-6-4-3-5-7-15)18(25)24-19(23-13)20-8-9-26-11-17-14(2)21-12-22-17/h3-7,12H,8-11H2,1-2H3,(H,21,22)(H2,20,23,24,25). The summed E-state index contributed by atoms with van der Waals surface area (Å²) in [5.41, 5.74) is 4.70. The van der Waals surface area contributed by atoms with Crippen molar-refractivity contribution in [3.63, 3.8) is 0 Å². The number of benzene rings is 1. The predicted molar refractivity (Wildman–Crippen MR) is 107 cm³/mol. The number of nitrogens with one attached hydrogen (secondary N) is 3. The topological polar surface area (TPSA) is 86.5 Å². The molecule has 0 amide bonds. The van der Waals surface area contributed by atoms with Gasteiger partial charge in [-0.05, 0) is 19.4 Å². The number of hydrogen-bond donors (Lipinski definition) is 3. The molecule has 0 aliphatic heterocycles. The summed E-state index contributed by atoms with van der Waals surface area (Å²) in [5.74, 6) is 2.30. The first-order valence-electron chi connectivity index (χ1n) is 8.57. The molecular formula is C19H23N5OS. The predicted octanol–water partition coefficient (Wildman–Crippen LogP) is 3.05. The van der Waals surface area contributed by atoms with Crippen LogP contribution in [0.3, 0.4) is 0 Å².